The van der Waals surface area contributed by atoms with Crippen molar-refractivity contribution >= 4 is 27.6 Å². The maximum atomic E-state index is 13.5. The molecule has 8 nitrogen and oxygen atoms in total. The van der Waals surface area contributed by atoms with Crippen LogP contribution in [0, 0.1) is 0 Å². The minimum atomic E-state index is -4.15. The molecule has 1 heterocycles. The van der Waals surface area contributed by atoms with Gasteiger partial charge in [0, 0.05) is 19.7 Å². The Balaban J connectivity index is 1.61. The minimum Gasteiger partial charge on any atom is -0.497 e. The fraction of sp³-hybridized carbons (Fsp3) is 0.296. The molecule has 1 aliphatic heterocycles. The van der Waals surface area contributed by atoms with Gasteiger partial charge in [-0.2, -0.15) is 8.42 Å². The highest BCUT2D eigenvalue weighted by molar-refractivity contribution is 7.87. The molecule has 1 unspecified atom stereocenters. The molecule has 196 valence electrons. The van der Waals surface area contributed by atoms with Crippen molar-refractivity contribution in [1.82, 2.24) is 4.90 Å². The van der Waals surface area contributed by atoms with Gasteiger partial charge < -0.3 is 23.3 Å². The molecule has 0 aliphatic carbocycles. The number of ether oxygens (including phenoxy) is 3. The van der Waals surface area contributed by atoms with Crippen LogP contribution in [0.5, 0.6) is 17.2 Å². The molecular formula is C27H28ClNO7S. The minimum absolute atomic E-state index is 0.0121. The van der Waals surface area contributed by atoms with E-state index in [1.54, 1.807) is 47.4 Å². The van der Waals surface area contributed by atoms with Crippen molar-refractivity contribution in [3.05, 3.63) is 82.9 Å². The van der Waals surface area contributed by atoms with Crippen LogP contribution < -0.4 is 13.7 Å². The van der Waals surface area contributed by atoms with Crippen molar-refractivity contribution in [3.63, 3.8) is 0 Å². The molecule has 0 N–H and O–H groups in total. The molecule has 4 rings (SSSR count). The number of rotatable bonds is 10. The zero-order valence-electron chi connectivity index (χ0n) is 20.6. The van der Waals surface area contributed by atoms with Gasteiger partial charge in [0.05, 0.1) is 30.9 Å². The van der Waals surface area contributed by atoms with Gasteiger partial charge in [-0.15, -0.1) is 0 Å². The quantitative estimate of drug-likeness (QED) is 0.333. The summed E-state index contributed by atoms with van der Waals surface area (Å²) in [7, 11) is -1.24. The molecule has 0 radical (unpaired) electrons. The summed E-state index contributed by atoms with van der Waals surface area (Å²) >= 11 is 6.31. The smallest absolute Gasteiger partial charge is 0.339 e. The zero-order chi connectivity index (χ0) is 26.4. The van der Waals surface area contributed by atoms with Crippen LogP contribution in [0.2, 0.25) is 5.02 Å². The molecule has 0 spiro atoms. The van der Waals surface area contributed by atoms with Crippen molar-refractivity contribution in [1.29, 1.82) is 0 Å². The molecule has 0 saturated carbocycles. The Kier molecular flexibility index (Phi) is 8.58. The van der Waals surface area contributed by atoms with Gasteiger partial charge in [-0.05, 0) is 66.9 Å². The second kappa shape index (κ2) is 11.9. The molecule has 3 aromatic carbocycles. The van der Waals surface area contributed by atoms with Crippen LogP contribution in [0.25, 0.3) is 0 Å². The first kappa shape index (κ1) is 26.8. The summed E-state index contributed by atoms with van der Waals surface area (Å²) < 4.78 is 47.6. The van der Waals surface area contributed by atoms with Gasteiger partial charge in [0.2, 0.25) is 0 Å². The largest absolute Gasteiger partial charge is 0.497 e. The van der Waals surface area contributed by atoms with Gasteiger partial charge in [0.15, 0.2) is 11.5 Å². The Bertz CT molecular complexity index is 1340. The summed E-state index contributed by atoms with van der Waals surface area (Å²) in [4.78, 5) is 15.1. The highest BCUT2D eigenvalue weighted by Gasteiger charge is 2.26. The Morgan fingerprint density at radius 3 is 2.43 bits per heavy atom. The van der Waals surface area contributed by atoms with E-state index in [1.807, 2.05) is 0 Å². The molecule has 3 aromatic rings. The maximum absolute atomic E-state index is 13.5. The molecule has 1 atom stereocenters. The lowest BCUT2D eigenvalue weighted by Crippen LogP contribution is -2.37. The van der Waals surface area contributed by atoms with Gasteiger partial charge in [0.1, 0.15) is 10.6 Å². The molecule has 0 aromatic heterocycles. The third-order valence-corrected chi connectivity index (χ3v) is 7.57. The normalized spacial score (nSPS) is 15.3. The van der Waals surface area contributed by atoms with Crippen LogP contribution in [0.1, 0.15) is 28.8 Å². The number of halogens is 1. The second-order valence-electron chi connectivity index (χ2n) is 8.50. The first-order chi connectivity index (χ1) is 17.8. The van der Waals surface area contributed by atoms with E-state index >= 15 is 0 Å². The molecule has 37 heavy (non-hydrogen) atoms. The first-order valence-electron chi connectivity index (χ1n) is 11.7. The van der Waals surface area contributed by atoms with Crippen LogP contribution in [0.4, 0.5) is 0 Å². The predicted molar refractivity (Wildman–Crippen MR) is 139 cm³/mol. The van der Waals surface area contributed by atoms with E-state index in [4.69, 9.17) is 30.0 Å². The lowest BCUT2D eigenvalue weighted by molar-refractivity contribution is 0.0507. The lowest BCUT2D eigenvalue weighted by atomic mass is 10.1. The number of carbonyl (C=O) groups is 1. The third-order valence-electron chi connectivity index (χ3n) is 5.99. The molecule has 10 heteroatoms. The number of amides is 1. The summed E-state index contributed by atoms with van der Waals surface area (Å²) in [6.07, 6.45) is 1.70. The first-order valence-corrected chi connectivity index (χ1v) is 13.5. The highest BCUT2D eigenvalue weighted by Crippen LogP contribution is 2.32. The fourth-order valence-electron chi connectivity index (χ4n) is 4.07. The molecular weight excluding hydrogens is 518 g/mol. The van der Waals surface area contributed by atoms with Crippen LogP contribution >= 0.6 is 11.6 Å². The number of nitrogens with zero attached hydrogens (tertiary/aromatic N) is 1. The molecule has 1 saturated heterocycles. The van der Waals surface area contributed by atoms with Gasteiger partial charge >= 0.3 is 10.1 Å². The molecule has 1 aliphatic rings. The van der Waals surface area contributed by atoms with E-state index in [1.165, 1.54) is 38.5 Å². The van der Waals surface area contributed by atoms with Gasteiger partial charge in [-0.25, -0.2) is 0 Å². The highest BCUT2D eigenvalue weighted by atomic mass is 35.5. The summed E-state index contributed by atoms with van der Waals surface area (Å²) in [5.41, 5.74) is 1.04. The zero-order valence-corrected chi connectivity index (χ0v) is 22.1. The van der Waals surface area contributed by atoms with Crippen LogP contribution in [-0.2, 0) is 21.4 Å². The lowest BCUT2D eigenvalue weighted by Gasteiger charge is -2.26. The van der Waals surface area contributed by atoms with Crippen molar-refractivity contribution in [2.45, 2.75) is 30.4 Å². The van der Waals surface area contributed by atoms with E-state index in [-0.39, 0.29) is 35.0 Å². The molecule has 1 fully saturated rings. The number of methoxy groups -OCH3 is 2. The average molecular weight is 546 g/mol. The number of carbonyl (C=O) groups excluding carboxylic acids is 1. The summed E-state index contributed by atoms with van der Waals surface area (Å²) in [5, 5.41) is 0.356. The van der Waals surface area contributed by atoms with Crippen molar-refractivity contribution in [2.75, 3.05) is 27.4 Å². The Morgan fingerprint density at radius 2 is 1.78 bits per heavy atom. The Labute approximate surface area is 221 Å². The Morgan fingerprint density at radius 1 is 1.03 bits per heavy atom. The average Bonchev–Trinajstić information content (AvgIpc) is 3.41. The number of hydrogen-bond donors (Lipinski definition) is 0. The second-order valence-corrected chi connectivity index (χ2v) is 10.5. The fourth-order valence-corrected chi connectivity index (χ4v) is 5.22. The van der Waals surface area contributed by atoms with Crippen LogP contribution in [0.3, 0.4) is 0 Å². The molecule has 1 amide bonds. The van der Waals surface area contributed by atoms with Crippen LogP contribution in [0.15, 0.2) is 71.6 Å². The molecule has 0 bridgehead atoms. The number of benzene rings is 3. The van der Waals surface area contributed by atoms with Gasteiger partial charge in [-0.3, -0.25) is 4.79 Å². The topological polar surface area (TPSA) is 91.4 Å². The third kappa shape index (κ3) is 6.54. The van der Waals surface area contributed by atoms with Crippen molar-refractivity contribution < 1.29 is 31.6 Å². The summed E-state index contributed by atoms with van der Waals surface area (Å²) in [6.45, 7) is 1.21. The van der Waals surface area contributed by atoms with Gasteiger partial charge in [0.25, 0.3) is 5.91 Å². The van der Waals surface area contributed by atoms with E-state index in [0.717, 1.165) is 12.8 Å². The van der Waals surface area contributed by atoms with E-state index in [2.05, 4.69) is 0 Å². The maximum Gasteiger partial charge on any atom is 0.339 e. The standard InChI is InChI=1S/C27H28ClNO7S/c1-33-20-10-12-22(13-11-20)37(31,32)36-26-16-19(9-14-25(26)34-2)17-29(18-21-6-5-15-35-21)27(30)23-7-3-4-8-24(23)28/h3-4,7-14,16,21H,5-6,15,17-18H2,1-2H3. The Hall–Kier alpha value is -3.27. The predicted octanol–water partition coefficient (Wildman–Crippen LogP) is 4.95. The van der Waals surface area contributed by atoms with Crippen molar-refractivity contribution in [2.24, 2.45) is 0 Å². The van der Waals surface area contributed by atoms with E-state index in [0.29, 0.717) is 35.1 Å². The van der Waals surface area contributed by atoms with E-state index < -0.39 is 10.1 Å². The SMILES string of the molecule is COc1ccc(S(=O)(=O)Oc2cc(CN(CC3CCCO3)C(=O)c3ccccc3Cl)ccc2OC)cc1. The summed E-state index contributed by atoms with van der Waals surface area (Å²) in [5.74, 6) is 0.528. The van der Waals surface area contributed by atoms with Crippen molar-refractivity contribution in [3.8, 4) is 17.2 Å². The van der Waals surface area contributed by atoms with E-state index in [9.17, 15) is 13.2 Å². The van der Waals surface area contributed by atoms with Gasteiger partial charge in [-0.1, -0.05) is 29.8 Å². The summed E-state index contributed by atoms with van der Waals surface area (Å²) in [6, 6.07) is 17.7. The van der Waals surface area contributed by atoms with Crippen LogP contribution in [-0.4, -0.2) is 52.7 Å². The monoisotopic (exact) mass is 545 g/mol. The number of hydrogen-bond acceptors (Lipinski definition) is 7.